The van der Waals surface area contributed by atoms with Gasteiger partial charge in [0.2, 0.25) is 0 Å². The smallest absolute Gasteiger partial charge is 0.0554 e. The van der Waals surface area contributed by atoms with E-state index in [0.717, 1.165) is 5.37 Å². The summed E-state index contributed by atoms with van der Waals surface area (Å²) in [5.41, 5.74) is 0. The van der Waals surface area contributed by atoms with E-state index in [9.17, 15) is 0 Å². The van der Waals surface area contributed by atoms with E-state index in [1.165, 1.54) is 25.9 Å². The van der Waals surface area contributed by atoms with Crippen LogP contribution in [-0.2, 0) is 0 Å². The molecule has 0 aromatic rings. The van der Waals surface area contributed by atoms with Crippen LogP contribution in [0.25, 0.3) is 0 Å². The van der Waals surface area contributed by atoms with Crippen LogP contribution in [0.2, 0.25) is 0 Å². The van der Waals surface area contributed by atoms with Crippen molar-refractivity contribution in [1.29, 1.82) is 0 Å². The molecule has 0 saturated carbocycles. The van der Waals surface area contributed by atoms with Crippen molar-refractivity contribution in [2.24, 2.45) is 0 Å². The van der Waals surface area contributed by atoms with Gasteiger partial charge in [0.15, 0.2) is 0 Å². The first-order valence-corrected chi connectivity index (χ1v) is 4.94. The summed E-state index contributed by atoms with van der Waals surface area (Å²) >= 11 is 1.99. The maximum Gasteiger partial charge on any atom is 0.0554 e. The highest BCUT2D eigenvalue weighted by Crippen LogP contribution is 2.24. The second-order valence-corrected chi connectivity index (χ2v) is 3.48. The molecule has 54 valence electrons. The van der Waals surface area contributed by atoms with Gasteiger partial charge in [0, 0.05) is 0 Å². The van der Waals surface area contributed by atoms with Crippen molar-refractivity contribution >= 4 is 11.8 Å². The quantitative estimate of drug-likeness (QED) is 0.583. The molecular formula is C7H15NS. The third-order valence-corrected chi connectivity index (χ3v) is 3.06. The first kappa shape index (κ1) is 7.42. The normalized spacial score (nSPS) is 29.3. The summed E-state index contributed by atoms with van der Waals surface area (Å²) < 4.78 is 0. The highest BCUT2D eigenvalue weighted by atomic mass is 32.2. The SMILES string of the molecule is CCN1CCC[C@H]1SC. The second-order valence-electron chi connectivity index (χ2n) is 2.46. The minimum Gasteiger partial charge on any atom is -0.292 e. The van der Waals surface area contributed by atoms with E-state index in [1.807, 2.05) is 11.8 Å². The Hall–Kier alpha value is 0.310. The molecule has 1 fully saturated rings. The molecule has 9 heavy (non-hydrogen) atoms. The fourth-order valence-corrected chi connectivity index (χ4v) is 2.38. The molecule has 0 aromatic heterocycles. The minimum absolute atomic E-state index is 0.829. The van der Waals surface area contributed by atoms with E-state index in [4.69, 9.17) is 0 Å². The summed E-state index contributed by atoms with van der Waals surface area (Å²) in [7, 11) is 0. The second kappa shape index (κ2) is 3.47. The van der Waals surface area contributed by atoms with Gasteiger partial charge in [-0.3, -0.25) is 4.90 Å². The topological polar surface area (TPSA) is 3.24 Å². The number of hydrogen-bond donors (Lipinski definition) is 0. The molecule has 0 amide bonds. The number of nitrogens with zero attached hydrogens (tertiary/aromatic N) is 1. The monoisotopic (exact) mass is 145 g/mol. The van der Waals surface area contributed by atoms with Crippen LogP contribution in [0.5, 0.6) is 0 Å². The maximum absolute atomic E-state index is 2.55. The van der Waals surface area contributed by atoms with Crippen LogP contribution < -0.4 is 0 Å². The number of thioether (sulfide) groups is 1. The number of rotatable bonds is 2. The molecule has 0 spiro atoms. The first-order valence-electron chi connectivity index (χ1n) is 3.65. The van der Waals surface area contributed by atoms with Crippen LogP contribution in [0.1, 0.15) is 19.8 Å². The van der Waals surface area contributed by atoms with E-state index in [1.54, 1.807) is 0 Å². The molecular weight excluding hydrogens is 130 g/mol. The van der Waals surface area contributed by atoms with E-state index in [2.05, 4.69) is 18.1 Å². The molecule has 1 aliphatic rings. The Balaban J connectivity index is 2.32. The number of likely N-dealkylation sites (tertiary alicyclic amines) is 1. The molecule has 0 radical (unpaired) electrons. The maximum atomic E-state index is 2.55. The summed E-state index contributed by atoms with van der Waals surface area (Å²) in [4.78, 5) is 2.55. The molecule has 2 heteroatoms. The summed E-state index contributed by atoms with van der Waals surface area (Å²) in [6.07, 6.45) is 5.01. The van der Waals surface area contributed by atoms with Crippen LogP contribution in [0.15, 0.2) is 0 Å². The molecule has 1 heterocycles. The third-order valence-electron chi connectivity index (χ3n) is 1.98. The third kappa shape index (κ3) is 1.62. The lowest BCUT2D eigenvalue weighted by atomic mass is 10.4. The van der Waals surface area contributed by atoms with Crippen LogP contribution in [-0.4, -0.2) is 29.6 Å². The van der Waals surface area contributed by atoms with Crippen molar-refractivity contribution in [2.75, 3.05) is 19.3 Å². The van der Waals surface area contributed by atoms with Gasteiger partial charge in [-0.2, -0.15) is 0 Å². The zero-order valence-corrected chi connectivity index (χ0v) is 7.08. The van der Waals surface area contributed by atoms with Crippen molar-refractivity contribution < 1.29 is 0 Å². The lowest BCUT2D eigenvalue weighted by molar-refractivity contribution is 0.336. The molecule has 1 saturated heterocycles. The molecule has 1 nitrogen and oxygen atoms in total. The highest BCUT2D eigenvalue weighted by molar-refractivity contribution is 7.99. The molecule has 1 atom stereocenters. The average molecular weight is 145 g/mol. The predicted molar refractivity (Wildman–Crippen MR) is 43.8 cm³/mol. The van der Waals surface area contributed by atoms with Crippen LogP contribution in [0, 0.1) is 0 Å². The Kier molecular flexibility index (Phi) is 2.86. The minimum atomic E-state index is 0.829. The molecule has 0 bridgehead atoms. The Morgan fingerprint density at radius 3 is 2.89 bits per heavy atom. The summed E-state index contributed by atoms with van der Waals surface area (Å²) in [5.74, 6) is 0. The summed E-state index contributed by atoms with van der Waals surface area (Å²) in [6, 6.07) is 0. The lowest BCUT2D eigenvalue weighted by Gasteiger charge is -2.19. The Morgan fingerprint density at radius 1 is 1.67 bits per heavy atom. The molecule has 0 aliphatic carbocycles. The molecule has 0 N–H and O–H groups in total. The van der Waals surface area contributed by atoms with Gasteiger partial charge in [0.1, 0.15) is 0 Å². The fraction of sp³-hybridized carbons (Fsp3) is 1.00. The van der Waals surface area contributed by atoms with Crippen molar-refractivity contribution in [1.82, 2.24) is 4.90 Å². The standard InChI is InChI=1S/C7H15NS/c1-3-8-6-4-5-7(8)9-2/h7H,3-6H2,1-2H3/t7-/m1/s1. The van der Waals surface area contributed by atoms with Gasteiger partial charge in [-0.1, -0.05) is 6.92 Å². The largest absolute Gasteiger partial charge is 0.292 e. The molecule has 1 rings (SSSR count). The van der Waals surface area contributed by atoms with E-state index < -0.39 is 0 Å². The van der Waals surface area contributed by atoms with Gasteiger partial charge in [-0.05, 0) is 32.2 Å². The average Bonchev–Trinajstić information content (AvgIpc) is 2.33. The van der Waals surface area contributed by atoms with E-state index >= 15 is 0 Å². The van der Waals surface area contributed by atoms with Crippen molar-refractivity contribution in [3.8, 4) is 0 Å². The van der Waals surface area contributed by atoms with Gasteiger partial charge < -0.3 is 0 Å². The Morgan fingerprint density at radius 2 is 2.44 bits per heavy atom. The van der Waals surface area contributed by atoms with E-state index in [0.29, 0.717) is 0 Å². The predicted octanol–water partition coefficient (Wildman–Crippen LogP) is 1.79. The van der Waals surface area contributed by atoms with Crippen molar-refractivity contribution in [2.45, 2.75) is 25.1 Å². The fourth-order valence-electron chi connectivity index (χ4n) is 1.42. The van der Waals surface area contributed by atoms with Gasteiger partial charge in [-0.25, -0.2) is 0 Å². The van der Waals surface area contributed by atoms with Crippen LogP contribution in [0.3, 0.4) is 0 Å². The van der Waals surface area contributed by atoms with Crippen LogP contribution in [0.4, 0.5) is 0 Å². The van der Waals surface area contributed by atoms with Gasteiger partial charge in [0.05, 0.1) is 5.37 Å². The number of hydrogen-bond acceptors (Lipinski definition) is 2. The zero-order valence-electron chi connectivity index (χ0n) is 6.26. The summed E-state index contributed by atoms with van der Waals surface area (Å²) in [6.45, 7) is 4.79. The van der Waals surface area contributed by atoms with Gasteiger partial charge in [0.25, 0.3) is 0 Å². The Labute approximate surface area is 61.8 Å². The van der Waals surface area contributed by atoms with Gasteiger partial charge in [-0.15, -0.1) is 11.8 Å². The lowest BCUT2D eigenvalue weighted by Crippen LogP contribution is -2.25. The molecule has 0 aromatic carbocycles. The van der Waals surface area contributed by atoms with Crippen LogP contribution >= 0.6 is 11.8 Å². The highest BCUT2D eigenvalue weighted by Gasteiger charge is 2.20. The summed E-state index contributed by atoms with van der Waals surface area (Å²) in [5, 5.41) is 0.829. The van der Waals surface area contributed by atoms with Crippen molar-refractivity contribution in [3.63, 3.8) is 0 Å². The molecule has 0 unspecified atom stereocenters. The van der Waals surface area contributed by atoms with E-state index in [-0.39, 0.29) is 0 Å². The zero-order chi connectivity index (χ0) is 6.69. The van der Waals surface area contributed by atoms with Crippen molar-refractivity contribution in [3.05, 3.63) is 0 Å². The Bertz CT molecular complexity index is 75.0. The molecule has 1 aliphatic heterocycles. The van der Waals surface area contributed by atoms with Gasteiger partial charge >= 0.3 is 0 Å². The first-order chi connectivity index (χ1) is 4.38.